The first kappa shape index (κ1) is 19.8. The van der Waals surface area contributed by atoms with Gasteiger partial charge in [0.25, 0.3) is 0 Å². The summed E-state index contributed by atoms with van der Waals surface area (Å²) in [5, 5.41) is 13.3. The maximum atomic E-state index is 12.6. The van der Waals surface area contributed by atoms with Crippen LogP contribution in [0.2, 0.25) is 0 Å². The molecule has 3 N–H and O–H groups in total. The summed E-state index contributed by atoms with van der Waals surface area (Å²) in [7, 11) is 0. The molecule has 0 spiro atoms. The molecule has 0 aliphatic carbocycles. The number of nitrogens with one attached hydrogen (secondary N) is 3. The standard InChI is InChI=1S/C18H24F3N5/c1-3-22-17(23-10-4-5-15-12-25-26-13(15)2)24-11-14-6-8-16(9-7-14)18(19,20)21/h6-9,12H,3-5,10-11H2,1-2H3,(H,25,26)(H2,22,23,24). The number of alkyl halides is 3. The number of rotatable bonds is 7. The van der Waals surface area contributed by atoms with E-state index in [0.717, 1.165) is 42.8 Å². The van der Waals surface area contributed by atoms with Gasteiger partial charge >= 0.3 is 6.18 Å². The van der Waals surface area contributed by atoms with Crippen molar-refractivity contribution >= 4 is 5.96 Å². The van der Waals surface area contributed by atoms with Crippen molar-refractivity contribution in [1.82, 2.24) is 20.8 Å². The smallest absolute Gasteiger partial charge is 0.357 e. The lowest BCUT2D eigenvalue weighted by atomic mass is 10.1. The van der Waals surface area contributed by atoms with Gasteiger partial charge in [0.1, 0.15) is 0 Å². The third kappa shape index (κ3) is 6.09. The van der Waals surface area contributed by atoms with Gasteiger partial charge in [-0.05, 0) is 49.9 Å². The van der Waals surface area contributed by atoms with E-state index in [9.17, 15) is 13.2 Å². The average molecular weight is 367 g/mol. The van der Waals surface area contributed by atoms with Gasteiger partial charge in [0.2, 0.25) is 0 Å². The Balaban J connectivity index is 1.84. The molecule has 5 nitrogen and oxygen atoms in total. The number of benzene rings is 1. The summed E-state index contributed by atoms with van der Waals surface area (Å²) in [4.78, 5) is 4.42. The lowest BCUT2D eigenvalue weighted by Gasteiger charge is -2.11. The number of nitrogens with zero attached hydrogens (tertiary/aromatic N) is 2. The minimum Gasteiger partial charge on any atom is -0.357 e. The third-order valence-electron chi connectivity index (χ3n) is 3.89. The number of halogens is 3. The predicted octanol–water partition coefficient (Wildman–Crippen LogP) is 3.42. The van der Waals surface area contributed by atoms with Gasteiger partial charge in [-0.25, -0.2) is 4.99 Å². The second kappa shape index (κ2) is 9.26. The fourth-order valence-electron chi connectivity index (χ4n) is 2.42. The average Bonchev–Trinajstić information content (AvgIpc) is 3.01. The molecule has 1 aromatic carbocycles. The molecule has 0 saturated carbocycles. The summed E-state index contributed by atoms with van der Waals surface area (Å²) < 4.78 is 37.7. The van der Waals surface area contributed by atoms with E-state index in [1.165, 1.54) is 17.7 Å². The van der Waals surface area contributed by atoms with Crippen LogP contribution in [0.15, 0.2) is 35.5 Å². The van der Waals surface area contributed by atoms with E-state index in [-0.39, 0.29) is 0 Å². The number of aryl methyl sites for hydroxylation is 2. The summed E-state index contributed by atoms with van der Waals surface area (Å²) in [6.45, 7) is 5.72. The minimum absolute atomic E-state index is 0.314. The van der Waals surface area contributed by atoms with Gasteiger partial charge in [-0.3, -0.25) is 5.10 Å². The van der Waals surface area contributed by atoms with Gasteiger partial charge < -0.3 is 10.6 Å². The number of guanidine groups is 1. The molecule has 0 saturated heterocycles. The van der Waals surface area contributed by atoms with Crippen molar-refractivity contribution in [3.05, 3.63) is 52.8 Å². The Morgan fingerprint density at radius 3 is 2.50 bits per heavy atom. The highest BCUT2D eigenvalue weighted by Crippen LogP contribution is 2.29. The molecule has 0 fully saturated rings. The zero-order chi connectivity index (χ0) is 19.0. The Morgan fingerprint density at radius 2 is 1.92 bits per heavy atom. The molecule has 2 rings (SSSR count). The van der Waals surface area contributed by atoms with Gasteiger partial charge in [-0.1, -0.05) is 12.1 Å². The van der Waals surface area contributed by atoms with Crippen molar-refractivity contribution in [1.29, 1.82) is 0 Å². The molecule has 0 atom stereocenters. The first-order valence-corrected chi connectivity index (χ1v) is 8.57. The molecule has 2 aromatic rings. The van der Waals surface area contributed by atoms with Crippen LogP contribution in [0.1, 0.15) is 35.7 Å². The summed E-state index contributed by atoms with van der Waals surface area (Å²) in [6, 6.07) is 5.08. The molecule has 0 unspecified atom stereocenters. The number of H-pyrrole nitrogens is 1. The van der Waals surface area contributed by atoms with E-state index in [4.69, 9.17) is 0 Å². The van der Waals surface area contributed by atoms with Gasteiger partial charge in [0.05, 0.1) is 18.3 Å². The van der Waals surface area contributed by atoms with Crippen LogP contribution in [0.25, 0.3) is 0 Å². The number of aliphatic imine (C=N–C) groups is 1. The van der Waals surface area contributed by atoms with Gasteiger partial charge in [0.15, 0.2) is 5.96 Å². The summed E-state index contributed by atoms with van der Waals surface area (Å²) >= 11 is 0. The van der Waals surface area contributed by atoms with Crippen molar-refractivity contribution in [2.24, 2.45) is 4.99 Å². The van der Waals surface area contributed by atoms with Crippen LogP contribution in [0, 0.1) is 6.92 Å². The van der Waals surface area contributed by atoms with Crippen molar-refractivity contribution in [3.63, 3.8) is 0 Å². The van der Waals surface area contributed by atoms with Crippen molar-refractivity contribution in [2.45, 2.75) is 39.4 Å². The Labute approximate surface area is 151 Å². The van der Waals surface area contributed by atoms with E-state index in [0.29, 0.717) is 19.0 Å². The lowest BCUT2D eigenvalue weighted by Crippen LogP contribution is -2.37. The number of aromatic amines is 1. The molecule has 1 aromatic heterocycles. The van der Waals surface area contributed by atoms with Gasteiger partial charge in [-0.15, -0.1) is 0 Å². The van der Waals surface area contributed by atoms with Crippen LogP contribution in [0.5, 0.6) is 0 Å². The first-order valence-electron chi connectivity index (χ1n) is 8.57. The van der Waals surface area contributed by atoms with Crippen LogP contribution in [-0.2, 0) is 19.1 Å². The Bertz CT molecular complexity index is 704. The van der Waals surface area contributed by atoms with E-state index in [1.54, 1.807) is 0 Å². The normalized spacial score (nSPS) is 12.3. The van der Waals surface area contributed by atoms with Gasteiger partial charge in [-0.2, -0.15) is 18.3 Å². The zero-order valence-electron chi connectivity index (χ0n) is 15.0. The molecule has 0 amide bonds. The van der Waals surface area contributed by atoms with E-state index < -0.39 is 11.7 Å². The van der Waals surface area contributed by atoms with Crippen molar-refractivity contribution in [2.75, 3.05) is 13.1 Å². The number of aromatic nitrogens is 2. The zero-order valence-corrected chi connectivity index (χ0v) is 15.0. The fourth-order valence-corrected chi connectivity index (χ4v) is 2.42. The predicted molar refractivity (Wildman–Crippen MR) is 95.9 cm³/mol. The monoisotopic (exact) mass is 367 g/mol. The maximum Gasteiger partial charge on any atom is 0.416 e. The minimum atomic E-state index is -4.31. The second-order valence-corrected chi connectivity index (χ2v) is 5.94. The van der Waals surface area contributed by atoms with Crippen molar-refractivity contribution in [3.8, 4) is 0 Å². The summed E-state index contributed by atoms with van der Waals surface area (Å²) in [5.41, 5.74) is 2.35. The molecule has 0 radical (unpaired) electrons. The van der Waals surface area contributed by atoms with Crippen LogP contribution in [0.3, 0.4) is 0 Å². The molecule has 142 valence electrons. The highest BCUT2D eigenvalue weighted by atomic mass is 19.4. The number of hydrogen-bond donors (Lipinski definition) is 3. The van der Waals surface area contributed by atoms with Crippen LogP contribution >= 0.6 is 0 Å². The molecule has 0 bridgehead atoms. The van der Waals surface area contributed by atoms with Crippen molar-refractivity contribution < 1.29 is 13.2 Å². The highest BCUT2D eigenvalue weighted by Gasteiger charge is 2.29. The molecule has 0 aliphatic rings. The SMILES string of the molecule is CCNC(=NCc1ccc(C(F)(F)F)cc1)NCCCc1cn[nH]c1C. The van der Waals surface area contributed by atoms with Crippen LogP contribution in [-0.4, -0.2) is 29.2 Å². The molecular weight excluding hydrogens is 343 g/mol. The lowest BCUT2D eigenvalue weighted by molar-refractivity contribution is -0.137. The molecule has 0 aliphatic heterocycles. The Morgan fingerprint density at radius 1 is 1.19 bits per heavy atom. The topological polar surface area (TPSA) is 65.1 Å². The van der Waals surface area contributed by atoms with E-state index in [2.05, 4.69) is 25.8 Å². The second-order valence-electron chi connectivity index (χ2n) is 5.94. The first-order chi connectivity index (χ1) is 12.4. The largest absolute Gasteiger partial charge is 0.416 e. The Kier molecular flexibility index (Phi) is 7.06. The van der Waals surface area contributed by atoms with Crippen LogP contribution in [0.4, 0.5) is 13.2 Å². The molecule has 8 heteroatoms. The summed E-state index contributed by atoms with van der Waals surface area (Å²) in [5.74, 6) is 0.649. The third-order valence-corrected chi connectivity index (χ3v) is 3.89. The van der Waals surface area contributed by atoms with Gasteiger partial charge in [0, 0.05) is 18.8 Å². The maximum absolute atomic E-state index is 12.6. The Hall–Kier alpha value is -2.51. The molecular formula is C18H24F3N5. The highest BCUT2D eigenvalue weighted by molar-refractivity contribution is 5.79. The van der Waals surface area contributed by atoms with E-state index in [1.807, 2.05) is 20.0 Å². The quantitative estimate of drug-likeness (QED) is 0.399. The summed E-state index contributed by atoms with van der Waals surface area (Å²) in [6.07, 6.45) is -0.649. The number of hydrogen-bond acceptors (Lipinski definition) is 2. The van der Waals surface area contributed by atoms with E-state index >= 15 is 0 Å². The van der Waals surface area contributed by atoms with Crippen LogP contribution < -0.4 is 10.6 Å². The molecule has 1 heterocycles. The fraction of sp³-hybridized carbons (Fsp3) is 0.444. The molecule has 26 heavy (non-hydrogen) atoms.